The van der Waals surface area contributed by atoms with Crippen LogP contribution in [0.5, 0.6) is 0 Å². The van der Waals surface area contributed by atoms with Crippen molar-refractivity contribution < 1.29 is 0 Å². The van der Waals surface area contributed by atoms with E-state index in [9.17, 15) is 0 Å². The van der Waals surface area contributed by atoms with E-state index in [1.54, 1.807) is 11.1 Å². The van der Waals surface area contributed by atoms with Crippen LogP contribution in [0.1, 0.15) is 64.2 Å². The first-order chi connectivity index (χ1) is 8.97. The van der Waals surface area contributed by atoms with Crippen LogP contribution < -0.4 is 0 Å². The van der Waals surface area contributed by atoms with Crippen molar-refractivity contribution in [1.29, 1.82) is 0 Å². The molecule has 0 heteroatoms. The highest BCUT2D eigenvalue weighted by Crippen LogP contribution is 2.25. The van der Waals surface area contributed by atoms with E-state index in [1.807, 2.05) is 0 Å². The van der Waals surface area contributed by atoms with Gasteiger partial charge < -0.3 is 0 Å². The van der Waals surface area contributed by atoms with Gasteiger partial charge in [0.25, 0.3) is 0 Å². The Bertz CT molecular complexity index is 316. The van der Waals surface area contributed by atoms with E-state index in [1.165, 1.54) is 64.2 Å². The van der Waals surface area contributed by atoms with Gasteiger partial charge in [0.15, 0.2) is 0 Å². The molecular weight excluding hydrogens is 216 g/mol. The molecule has 0 heterocycles. The van der Waals surface area contributed by atoms with Crippen molar-refractivity contribution in [2.45, 2.75) is 64.2 Å². The number of allylic oxidation sites excluding steroid dienone is 8. The molecule has 18 heavy (non-hydrogen) atoms. The Morgan fingerprint density at radius 3 is 1.56 bits per heavy atom. The lowest BCUT2D eigenvalue weighted by molar-refractivity contribution is 0.669. The Morgan fingerprint density at radius 2 is 1.06 bits per heavy atom. The van der Waals surface area contributed by atoms with Gasteiger partial charge in [-0.2, -0.15) is 0 Å². The Morgan fingerprint density at radius 1 is 0.556 bits per heavy atom. The molecular formula is C18H26. The molecule has 0 aromatic heterocycles. The fourth-order valence-electron chi connectivity index (χ4n) is 2.77. The fourth-order valence-corrected chi connectivity index (χ4v) is 2.77. The van der Waals surface area contributed by atoms with Crippen molar-refractivity contribution >= 4 is 0 Å². The van der Waals surface area contributed by atoms with Gasteiger partial charge >= 0.3 is 0 Å². The maximum Gasteiger partial charge on any atom is -0.0276 e. The van der Waals surface area contributed by atoms with Crippen LogP contribution >= 0.6 is 0 Å². The van der Waals surface area contributed by atoms with Crippen LogP contribution in [0, 0.1) is 0 Å². The van der Waals surface area contributed by atoms with Crippen LogP contribution in [-0.4, -0.2) is 0 Å². The number of rotatable bonds is 1. The minimum Gasteiger partial charge on any atom is -0.0845 e. The van der Waals surface area contributed by atoms with Crippen LogP contribution in [0.4, 0.5) is 0 Å². The predicted octanol–water partition coefficient (Wildman–Crippen LogP) is 5.88. The monoisotopic (exact) mass is 242 g/mol. The molecule has 2 aliphatic rings. The van der Waals surface area contributed by atoms with Crippen molar-refractivity contribution in [2.24, 2.45) is 0 Å². The lowest BCUT2D eigenvalue weighted by Crippen LogP contribution is -1.91. The summed E-state index contributed by atoms with van der Waals surface area (Å²) >= 11 is 0. The first-order valence-corrected chi connectivity index (χ1v) is 7.68. The lowest BCUT2D eigenvalue weighted by atomic mass is 9.95. The second-order valence-electron chi connectivity index (χ2n) is 5.44. The van der Waals surface area contributed by atoms with Crippen LogP contribution in [0.15, 0.2) is 47.6 Å². The van der Waals surface area contributed by atoms with Gasteiger partial charge in [0.05, 0.1) is 0 Å². The van der Waals surface area contributed by atoms with Gasteiger partial charge in [-0.15, -0.1) is 0 Å². The minimum absolute atomic E-state index is 1.25. The summed E-state index contributed by atoms with van der Waals surface area (Å²) < 4.78 is 0. The number of hydrogen-bond donors (Lipinski definition) is 0. The molecule has 0 radical (unpaired) electrons. The second kappa shape index (κ2) is 8.13. The Kier molecular flexibility index (Phi) is 6.05. The molecule has 0 amide bonds. The zero-order valence-electron chi connectivity index (χ0n) is 11.5. The van der Waals surface area contributed by atoms with Gasteiger partial charge in [-0.1, -0.05) is 49.3 Å². The van der Waals surface area contributed by atoms with Gasteiger partial charge in [-0.25, -0.2) is 0 Å². The molecule has 0 unspecified atom stereocenters. The molecule has 0 aromatic rings. The summed E-state index contributed by atoms with van der Waals surface area (Å²) in [6, 6.07) is 0. The van der Waals surface area contributed by atoms with E-state index in [2.05, 4.69) is 36.5 Å². The van der Waals surface area contributed by atoms with Crippen LogP contribution in [-0.2, 0) is 0 Å². The summed E-state index contributed by atoms with van der Waals surface area (Å²) in [5.74, 6) is 0. The molecule has 0 aromatic carbocycles. The van der Waals surface area contributed by atoms with Gasteiger partial charge in [-0.3, -0.25) is 0 Å². The van der Waals surface area contributed by atoms with E-state index in [4.69, 9.17) is 0 Å². The molecule has 0 aliphatic heterocycles. The van der Waals surface area contributed by atoms with E-state index < -0.39 is 0 Å². The largest absolute Gasteiger partial charge is 0.0845 e. The molecule has 98 valence electrons. The summed E-state index contributed by atoms with van der Waals surface area (Å²) in [6.45, 7) is 0. The van der Waals surface area contributed by atoms with Gasteiger partial charge in [-0.05, 0) is 62.5 Å². The summed E-state index contributed by atoms with van der Waals surface area (Å²) in [5.41, 5.74) is 3.17. The third-order valence-corrected chi connectivity index (χ3v) is 3.91. The number of hydrogen-bond acceptors (Lipinski definition) is 0. The molecule has 0 atom stereocenters. The Labute approximate surface area is 112 Å². The SMILES string of the molecule is C1=C(\C2=C\C=C\CCCCC2)CCCCC/C=C/1. The molecule has 0 saturated heterocycles. The third kappa shape index (κ3) is 4.68. The Hall–Kier alpha value is -1.04. The van der Waals surface area contributed by atoms with Crippen molar-refractivity contribution in [1.82, 2.24) is 0 Å². The first-order valence-electron chi connectivity index (χ1n) is 7.68. The molecule has 2 rings (SSSR count). The van der Waals surface area contributed by atoms with Gasteiger partial charge in [0, 0.05) is 0 Å². The van der Waals surface area contributed by atoms with E-state index >= 15 is 0 Å². The van der Waals surface area contributed by atoms with Crippen molar-refractivity contribution in [2.75, 3.05) is 0 Å². The minimum atomic E-state index is 1.25. The molecule has 0 bridgehead atoms. The highest BCUT2D eigenvalue weighted by molar-refractivity contribution is 5.36. The molecule has 2 aliphatic carbocycles. The predicted molar refractivity (Wildman–Crippen MR) is 80.6 cm³/mol. The summed E-state index contributed by atoms with van der Waals surface area (Å²) in [5, 5.41) is 0. The lowest BCUT2D eigenvalue weighted by Gasteiger charge is -2.11. The van der Waals surface area contributed by atoms with Crippen LogP contribution in [0.2, 0.25) is 0 Å². The van der Waals surface area contributed by atoms with E-state index in [-0.39, 0.29) is 0 Å². The molecule has 0 N–H and O–H groups in total. The third-order valence-electron chi connectivity index (χ3n) is 3.91. The zero-order valence-corrected chi connectivity index (χ0v) is 11.5. The van der Waals surface area contributed by atoms with E-state index in [0.717, 1.165) is 0 Å². The molecule has 0 saturated carbocycles. The molecule has 0 nitrogen and oxygen atoms in total. The molecule has 0 spiro atoms. The first kappa shape index (κ1) is 13.4. The van der Waals surface area contributed by atoms with Crippen molar-refractivity contribution in [3.05, 3.63) is 47.6 Å². The van der Waals surface area contributed by atoms with Crippen molar-refractivity contribution in [3.8, 4) is 0 Å². The normalized spacial score (nSPS) is 32.0. The summed E-state index contributed by atoms with van der Waals surface area (Å²) in [7, 11) is 0. The van der Waals surface area contributed by atoms with Crippen molar-refractivity contribution in [3.63, 3.8) is 0 Å². The smallest absolute Gasteiger partial charge is 0.0276 e. The zero-order chi connectivity index (χ0) is 12.5. The highest BCUT2D eigenvalue weighted by Gasteiger charge is 2.06. The standard InChI is InChI=1S/C18H26/c1-2-6-10-14-17(13-9-5-1)18-15-11-7-3-4-8-12-16-18/h5,7,9,11,13,15H,1-4,6,8,10,12,14,16H2/b9-5+,11-7+,17-13-,18-15+. The quantitative estimate of drug-likeness (QED) is 0.538. The maximum atomic E-state index is 2.36. The maximum absolute atomic E-state index is 2.36. The highest BCUT2D eigenvalue weighted by atomic mass is 14.1. The van der Waals surface area contributed by atoms with E-state index in [0.29, 0.717) is 0 Å². The Balaban J connectivity index is 2.09. The van der Waals surface area contributed by atoms with Crippen LogP contribution in [0.25, 0.3) is 0 Å². The van der Waals surface area contributed by atoms with Gasteiger partial charge in [0.1, 0.15) is 0 Å². The average Bonchev–Trinajstić information content (AvgIpc) is 2.61. The van der Waals surface area contributed by atoms with Crippen LogP contribution in [0.3, 0.4) is 0 Å². The summed E-state index contributed by atoms with van der Waals surface area (Å²) in [6.07, 6.45) is 27.2. The van der Waals surface area contributed by atoms with Gasteiger partial charge in [0.2, 0.25) is 0 Å². The summed E-state index contributed by atoms with van der Waals surface area (Å²) in [4.78, 5) is 0. The average molecular weight is 242 g/mol. The topological polar surface area (TPSA) is 0 Å². The second-order valence-corrected chi connectivity index (χ2v) is 5.44. The molecule has 0 fully saturated rings. The fraction of sp³-hybridized carbons (Fsp3) is 0.556.